The first-order valence-electron chi connectivity index (χ1n) is 11.2. The molecule has 0 aliphatic heterocycles. The second kappa shape index (κ2) is 7.80. The fourth-order valence-electron chi connectivity index (χ4n) is 4.81. The number of hydrogen-bond donors (Lipinski definition) is 1. The number of hydrogen-bond acceptors (Lipinski definition) is 7. The molecule has 0 radical (unpaired) electrons. The lowest BCUT2D eigenvalue weighted by atomic mass is 9.99. The Balaban J connectivity index is 1.72. The number of aromatic nitrogens is 5. The van der Waals surface area contributed by atoms with Crippen LogP contribution < -0.4 is 9.47 Å². The highest BCUT2D eigenvalue weighted by atomic mass is 16.5. The predicted octanol–water partition coefficient (Wildman–Crippen LogP) is 5.92. The monoisotopic (exact) mass is 465 g/mol. The first-order valence-corrected chi connectivity index (χ1v) is 11.2. The number of H-pyrrole nitrogens is 1. The van der Waals surface area contributed by atoms with Crippen molar-refractivity contribution in [2.45, 2.75) is 20.8 Å². The zero-order valence-corrected chi connectivity index (χ0v) is 20.1. The van der Waals surface area contributed by atoms with Crippen LogP contribution >= 0.6 is 0 Å². The van der Waals surface area contributed by atoms with Crippen molar-refractivity contribution in [3.63, 3.8) is 0 Å². The van der Waals surface area contributed by atoms with Crippen molar-refractivity contribution in [3.8, 4) is 34.0 Å². The Kier molecular flexibility index (Phi) is 4.70. The maximum absolute atomic E-state index is 5.83. The topological polar surface area (TPSA) is 99.0 Å². The normalized spacial score (nSPS) is 11.6. The third kappa shape index (κ3) is 3.21. The molecule has 4 heterocycles. The molecular weight excluding hydrogens is 442 g/mol. The fourth-order valence-corrected chi connectivity index (χ4v) is 4.81. The summed E-state index contributed by atoms with van der Waals surface area (Å²) in [5.74, 6) is 2.65. The summed E-state index contributed by atoms with van der Waals surface area (Å²) in [6.07, 6.45) is 0. The molecule has 35 heavy (non-hydrogen) atoms. The average Bonchev–Trinajstić information content (AvgIpc) is 3.39. The Morgan fingerprint density at radius 1 is 0.857 bits per heavy atom. The minimum absolute atomic E-state index is 0.529. The zero-order chi connectivity index (χ0) is 24.3. The number of pyridine rings is 1. The summed E-state index contributed by atoms with van der Waals surface area (Å²) in [4.78, 5) is 17.7. The summed E-state index contributed by atoms with van der Waals surface area (Å²) in [6.45, 7) is 5.72. The van der Waals surface area contributed by atoms with Gasteiger partial charge in [-0.25, -0.2) is 15.0 Å². The van der Waals surface area contributed by atoms with Gasteiger partial charge in [-0.3, -0.25) is 0 Å². The molecule has 8 nitrogen and oxygen atoms in total. The first-order chi connectivity index (χ1) is 17.0. The molecule has 0 unspecified atom stereocenters. The van der Waals surface area contributed by atoms with Crippen molar-refractivity contribution in [1.29, 1.82) is 0 Å². The second-order valence-electron chi connectivity index (χ2n) is 8.49. The van der Waals surface area contributed by atoms with Gasteiger partial charge in [0.1, 0.15) is 23.0 Å². The van der Waals surface area contributed by atoms with Crippen molar-refractivity contribution in [3.05, 3.63) is 59.7 Å². The number of nitrogens with one attached hydrogen (secondary N) is 1. The number of para-hydroxylation sites is 1. The van der Waals surface area contributed by atoms with Gasteiger partial charge in [-0.2, -0.15) is 0 Å². The lowest BCUT2D eigenvalue weighted by Gasteiger charge is -2.11. The summed E-state index contributed by atoms with van der Waals surface area (Å²) >= 11 is 0. The Morgan fingerprint density at radius 3 is 2.43 bits per heavy atom. The van der Waals surface area contributed by atoms with E-state index in [-0.39, 0.29) is 0 Å². The number of methoxy groups -OCH3 is 2. The molecular formula is C27H23N5O3. The van der Waals surface area contributed by atoms with E-state index < -0.39 is 0 Å². The average molecular weight is 466 g/mol. The van der Waals surface area contributed by atoms with Crippen molar-refractivity contribution in [2.24, 2.45) is 0 Å². The number of fused-ring (bicyclic) bond motifs is 4. The van der Waals surface area contributed by atoms with Crippen LogP contribution in [-0.2, 0) is 0 Å². The molecule has 0 amide bonds. The van der Waals surface area contributed by atoms with Crippen LogP contribution in [0.4, 0.5) is 0 Å². The summed E-state index contributed by atoms with van der Waals surface area (Å²) in [5, 5.41) is 6.98. The van der Waals surface area contributed by atoms with Crippen LogP contribution in [-0.4, -0.2) is 39.3 Å². The van der Waals surface area contributed by atoms with E-state index >= 15 is 0 Å². The van der Waals surface area contributed by atoms with Crippen LogP contribution in [0, 0.1) is 20.8 Å². The summed E-state index contributed by atoms with van der Waals surface area (Å²) in [7, 11) is 3.29. The van der Waals surface area contributed by atoms with E-state index in [1.54, 1.807) is 14.2 Å². The quantitative estimate of drug-likeness (QED) is 0.345. The lowest BCUT2D eigenvalue weighted by molar-refractivity contribution is 0.393. The van der Waals surface area contributed by atoms with E-state index in [0.717, 1.165) is 72.4 Å². The van der Waals surface area contributed by atoms with Crippen molar-refractivity contribution in [1.82, 2.24) is 25.1 Å². The Labute approximate surface area is 200 Å². The van der Waals surface area contributed by atoms with Gasteiger partial charge in [0.15, 0.2) is 0 Å². The number of nitrogens with zero attached hydrogens (tertiary/aromatic N) is 4. The molecule has 8 heteroatoms. The van der Waals surface area contributed by atoms with Crippen molar-refractivity contribution in [2.75, 3.05) is 14.2 Å². The largest absolute Gasteiger partial charge is 0.496 e. The standard InChI is InChI=1S/C27H23N5O3/c1-13-24(14(2)35-32-13)19-10-21-18(11-22(19)33-4)25-26(28-15(3)29-27(25)31-21)17-12-23(34-5)30-20-9-7-6-8-16(17)20/h6-12H,1-5H3,(H,28,29,31). The smallest absolute Gasteiger partial charge is 0.214 e. The molecule has 174 valence electrons. The van der Waals surface area contributed by atoms with E-state index in [2.05, 4.69) is 21.2 Å². The minimum atomic E-state index is 0.529. The minimum Gasteiger partial charge on any atom is -0.496 e. The third-order valence-corrected chi connectivity index (χ3v) is 6.34. The molecule has 0 saturated heterocycles. The van der Waals surface area contributed by atoms with Crippen LogP contribution in [0.5, 0.6) is 11.6 Å². The Bertz CT molecular complexity index is 1750. The SMILES string of the molecule is COc1cc(-c2nc(C)nc3[nH]c4cc(-c5c(C)noc5C)c(OC)cc4c23)c2ccccc2n1. The third-order valence-electron chi connectivity index (χ3n) is 6.34. The summed E-state index contributed by atoms with van der Waals surface area (Å²) in [6, 6.07) is 14.0. The molecule has 0 fully saturated rings. The maximum atomic E-state index is 5.83. The fraction of sp³-hybridized carbons (Fsp3) is 0.185. The Morgan fingerprint density at radius 2 is 1.69 bits per heavy atom. The van der Waals surface area contributed by atoms with Gasteiger partial charge in [-0.15, -0.1) is 0 Å². The van der Waals surface area contributed by atoms with E-state index in [0.29, 0.717) is 11.7 Å². The molecule has 6 aromatic rings. The van der Waals surface area contributed by atoms with Gasteiger partial charge in [0.05, 0.1) is 42.1 Å². The van der Waals surface area contributed by atoms with Crippen LogP contribution in [0.1, 0.15) is 17.3 Å². The van der Waals surface area contributed by atoms with Crippen molar-refractivity contribution < 1.29 is 14.0 Å². The highest BCUT2D eigenvalue weighted by Crippen LogP contribution is 2.42. The summed E-state index contributed by atoms with van der Waals surface area (Å²) in [5.41, 5.74) is 6.88. The van der Waals surface area contributed by atoms with E-state index in [9.17, 15) is 0 Å². The number of ether oxygens (including phenoxy) is 2. The zero-order valence-electron chi connectivity index (χ0n) is 20.1. The molecule has 0 aliphatic carbocycles. The molecule has 0 aliphatic rings. The highest BCUT2D eigenvalue weighted by Gasteiger charge is 2.22. The molecule has 0 atom stereocenters. The van der Waals surface area contributed by atoms with Gasteiger partial charge in [0.25, 0.3) is 0 Å². The molecule has 0 spiro atoms. The number of aryl methyl sites for hydroxylation is 3. The number of rotatable bonds is 4. The molecule has 1 N–H and O–H groups in total. The van der Waals surface area contributed by atoms with Gasteiger partial charge >= 0.3 is 0 Å². The molecule has 4 aromatic heterocycles. The van der Waals surface area contributed by atoms with Gasteiger partial charge in [0, 0.05) is 33.5 Å². The summed E-state index contributed by atoms with van der Waals surface area (Å²) < 4.78 is 16.8. The Hall–Kier alpha value is -4.46. The van der Waals surface area contributed by atoms with Crippen LogP contribution in [0.3, 0.4) is 0 Å². The van der Waals surface area contributed by atoms with E-state index in [1.807, 2.05) is 57.2 Å². The highest BCUT2D eigenvalue weighted by molar-refractivity contribution is 6.15. The van der Waals surface area contributed by atoms with Crippen LogP contribution in [0.2, 0.25) is 0 Å². The van der Waals surface area contributed by atoms with Gasteiger partial charge in [-0.1, -0.05) is 23.4 Å². The van der Waals surface area contributed by atoms with Crippen LogP contribution in [0.25, 0.3) is 55.2 Å². The van der Waals surface area contributed by atoms with E-state index in [1.165, 1.54) is 0 Å². The molecule has 6 rings (SSSR count). The molecule has 0 saturated carbocycles. The first kappa shape index (κ1) is 21.1. The van der Waals surface area contributed by atoms with Gasteiger partial charge < -0.3 is 19.0 Å². The van der Waals surface area contributed by atoms with Gasteiger partial charge in [-0.05, 0) is 39.0 Å². The second-order valence-corrected chi connectivity index (χ2v) is 8.49. The maximum Gasteiger partial charge on any atom is 0.214 e. The van der Waals surface area contributed by atoms with Gasteiger partial charge in [0.2, 0.25) is 5.88 Å². The predicted molar refractivity (Wildman–Crippen MR) is 135 cm³/mol. The molecule has 0 bridgehead atoms. The van der Waals surface area contributed by atoms with Crippen LogP contribution in [0.15, 0.2) is 47.0 Å². The number of aromatic amines is 1. The molecule has 2 aromatic carbocycles. The number of benzene rings is 2. The lowest BCUT2D eigenvalue weighted by Crippen LogP contribution is -1.96. The van der Waals surface area contributed by atoms with E-state index in [4.69, 9.17) is 24.0 Å². The van der Waals surface area contributed by atoms with Crippen molar-refractivity contribution >= 4 is 32.8 Å².